The van der Waals surface area contributed by atoms with Crippen molar-refractivity contribution < 1.29 is 9.15 Å². The van der Waals surface area contributed by atoms with Gasteiger partial charge in [-0.05, 0) is 119 Å². The Kier molecular flexibility index (Phi) is 7.76. The highest BCUT2D eigenvalue weighted by Crippen LogP contribution is 2.59. The Hall–Kier alpha value is -6.47. The van der Waals surface area contributed by atoms with E-state index in [-0.39, 0.29) is 10.8 Å². The van der Waals surface area contributed by atoms with Crippen molar-refractivity contribution in [3.63, 3.8) is 0 Å². The summed E-state index contributed by atoms with van der Waals surface area (Å²) in [6, 6.07) is 38.2. The average Bonchev–Trinajstić information content (AvgIpc) is 3.96. The lowest BCUT2D eigenvalue weighted by Gasteiger charge is -2.43. The average molecular weight is 800 g/mol. The molecule has 5 aromatic carbocycles. The van der Waals surface area contributed by atoms with Crippen LogP contribution in [0.2, 0.25) is 0 Å². The smallest absolute Gasteiger partial charge is 0.221 e. The Labute approximate surface area is 355 Å². The van der Waals surface area contributed by atoms with Crippen LogP contribution in [0.3, 0.4) is 0 Å². The van der Waals surface area contributed by atoms with Gasteiger partial charge in [0.2, 0.25) is 11.7 Å². The van der Waals surface area contributed by atoms with Crippen molar-refractivity contribution in [3.05, 3.63) is 138 Å². The van der Waals surface area contributed by atoms with Crippen LogP contribution in [0.25, 0.3) is 77.6 Å². The predicted molar refractivity (Wildman–Crippen MR) is 247 cm³/mol. The Bertz CT molecular complexity index is 3430. The highest BCUT2D eigenvalue weighted by atomic mass is 16.5. The molecule has 10 aromatic rings. The number of aromatic nitrogens is 5. The van der Waals surface area contributed by atoms with Crippen LogP contribution in [0.15, 0.2) is 120 Å². The largest absolute Gasteiger partial charge is 0.455 e. The van der Waals surface area contributed by atoms with Gasteiger partial charge in [0, 0.05) is 34.0 Å². The molecule has 1 atom stereocenters. The summed E-state index contributed by atoms with van der Waals surface area (Å²) in [5.74, 6) is 3.23. The van der Waals surface area contributed by atoms with E-state index in [4.69, 9.17) is 24.1 Å². The van der Waals surface area contributed by atoms with Crippen LogP contribution in [-0.2, 0) is 10.8 Å². The fourth-order valence-electron chi connectivity index (χ4n) is 11.9. The highest BCUT2D eigenvalue weighted by Gasteiger charge is 2.54. The Balaban J connectivity index is 1.04. The van der Waals surface area contributed by atoms with Gasteiger partial charge in [0.25, 0.3) is 0 Å². The van der Waals surface area contributed by atoms with E-state index in [1.807, 2.05) is 12.1 Å². The van der Waals surface area contributed by atoms with Crippen molar-refractivity contribution in [3.8, 4) is 28.6 Å². The molecule has 0 spiro atoms. The third-order valence-corrected chi connectivity index (χ3v) is 14.7. The molecule has 0 amide bonds. The maximum atomic E-state index is 6.96. The molecule has 0 N–H and O–H groups in total. The zero-order chi connectivity index (χ0) is 41.4. The van der Waals surface area contributed by atoms with Gasteiger partial charge in [-0.15, -0.1) is 0 Å². The lowest BCUT2D eigenvalue weighted by atomic mass is 9.61. The molecule has 0 aliphatic heterocycles. The summed E-state index contributed by atoms with van der Waals surface area (Å²) in [5.41, 5.74) is 13.4. The van der Waals surface area contributed by atoms with Crippen LogP contribution in [0, 0.1) is 25.7 Å². The Morgan fingerprint density at radius 3 is 2.33 bits per heavy atom. The van der Waals surface area contributed by atoms with Gasteiger partial charge in [0.15, 0.2) is 5.65 Å². The number of nitrogens with zero attached hydrogens (tertiary/aromatic N) is 5. The van der Waals surface area contributed by atoms with Crippen LogP contribution in [0.4, 0.5) is 0 Å². The van der Waals surface area contributed by atoms with Crippen molar-refractivity contribution >= 4 is 60.7 Å². The molecule has 1 fully saturated rings. The molecular formula is C54H49N5O2. The normalized spacial score (nSPS) is 17.7. The van der Waals surface area contributed by atoms with Crippen molar-refractivity contribution in [2.45, 2.75) is 84.5 Å². The first-order chi connectivity index (χ1) is 29.6. The highest BCUT2D eigenvalue weighted by molar-refractivity contribution is 6.17. The number of para-hydroxylation sites is 2. The van der Waals surface area contributed by atoms with Gasteiger partial charge in [-0.2, -0.15) is 4.98 Å². The molecule has 61 heavy (non-hydrogen) atoms. The number of hydrogen-bond acceptors (Lipinski definition) is 5. The summed E-state index contributed by atoms with van der Waals surface area (Å²) in [4.78, 5) is 15.7. The molecule has 0 bridgehead atoms. The molecule has 0 saturated heterocycles. The second kappa shape index (κ2) is 13.0. The minimum absolute atomic E-state index is 0.00876. The van der Waals surface area contributed by atoms with Gasteiger partial charge in [0.05, 0.1) is 27.9 Å². The molecule has 2 aliphatic carbocycles. The molecule has 302 valence electrons. The Morgan fingerprint density at radius 1 is 0.672 bits per heavy atom. The maximum absolute atomic E-state index is 6.96. The van der Waals surface area contributed by atoms with E-state index in [0.29, 0.717) is 23.5 Å². The first kappa shape index (κ1) is 36.4. The minimum atomic E-state index is -0.00876. The van der Waals surface area contributed by atoms with E-state index in [1.165, 1.54) is 54.4 Å². The molecule has 5 aromatic heterocycles. The Morgan fingerprint density at radius 2 is 1.48 bits per heavy atom. The van der Waals surface area contributed by atoms with Crippen molar-refractivity contribution in [2.24, 2.45) is 11.8 Å². The number of aryl methyl sites for hydroxylation is 2. The topological polar surface area (TPSA) is 70.4 Å². The SMILES string of the molecule is Cc1ccc(-n2c3nc(Oc4cc(-c5cc6c(cn5)C(C)(C)C(C5CCCCC5)C6(C)C)c5oc6c7ccccc7ccc6c5c4)ccc3n3c4ccccc4nc23)cc1C. The van der Waals surface area contributed by atoms with Crippen LogP contribution >= 0.6 is 0 Å². The van der Waals surface area contributed by atoms with E-state index in [2.05, 4.69) is 154 Å². The van der Waals surface area contributed by atoms with E-state index < -0.39 is 0 Å². The monoisotopic (exact) mass is 799 g/mol. The summed E-state index contributed by atoms with van der Waals surface area (Å²) < 4.78 is 18.2. The fourth-order valence-corrected chi connectivity index (χ4v) is 11.9. The summed E-state index contributed by atoms with van der Waals surface area (Å²) in [7, 11) is 0. The quantitative estimate of drug-likeness (QED) is 0.173. The number of fused-ring (bicyclic) bond motifs is 11. The lowest BCUT2D eigenvalue weighted by molar-refractivity contribution is 0.118. The number of benzene rings is 5. The maximum Gasteiger partial charge on any atom is 0.221 e. The van der Waals surface area contributed by atoms with Gasteiger partial charge in [0.1, 0.15) is 16.9 Å². The van der Waals surface area contributed by atoms with E-state index in [1.54, 1.807) is 0 Å². The number of furan rings is 1. The molecule has 1 unspecified atom stereocenters. The zero-order valence-electron chi connectivity index (χ0n) is 35.7. The number of ether oxygens (including phenoxy) is 1. The molecule has 1 saturated carbocycles. The van der Waals surface area contributed by atoms with Gasteiger partial charge in [-0.1, -0.05) is 108 Å². The first-order valence-electron chi connectivity index (χ1n) is 22.0. The first-order valence-corrected chi connectivity index (χ1v) is 22.0. The van der Waals surface area contributed by atoms with E-state index in [0.717, 1.165) is 77.6 Å². The summed E-state index contributed by atoms with van der Waals surface area (Å²) in [6.45, 7) is 14.1. The van der Waals surface area contributed by atoms with Crippen LogP contribution in [0.1, 0.15) is 82.1 Å². The van der Waals surface area contributed by atoms with Gasteiger partial charge in [-0.3, -0.25) is 14.0 Å². The number of rotatable bonds is 5. The van der Waals surface area contributed by atoms with Crippen molar-refractivity contribution in [1.82, 2.24) is 23.9 Å². The van der Waals surface area contributed by atoms with E-state index in [9.17, 15) is 0 Å². The fraction of sp³-hybridized carbons (Fsp3) is 0.278. The number of imidazole rings is 2. The molecule has 12 rings (SSSR count). The third-order valence-electron chi connectivity index (χ3n) is 14.7. The number of hydrogen-bond donors (Lipinski definition) is 0. The standard InChI is InChI=1S/C54H49N5O2/c1-31-20-22-35(26-32(31)2)58-51-46(59-45-19-13-12-18-43(45)56-52(58)59)24-25-47(57-51)60-36-27-39-38-23-21-33-14-10-11-17-37(33)48(38)61-49(39)40(28-36)44-29-41-42(30-55-44)54(5,6)50(53(41,3)4)34-15-8-7-9-16-34/h10-14,17-30,34,50H,7-9,15-16H2,1-6H3. The van der Waals surface area contributed by atoms with Crippen LogP contribution in [-0.4, -0.2) is 23.9 Å². The molecule has 7 heteroatoms. The molecular weight excluding hydrogens is 751 g/mol. The predicted octanol–water partition coefficient (Wildman–Crippen LogP) is 14.1. The minimum Gasteiger partial charge on any atom is -0.455 e. The molecule has 2 aliphatic rings. The third kappa shape index (κ3) is 5.32. The van der Waals surface area contributed by atoms with E-state index >= 15 is 0 Å². The van der Waals surface area contributed by atoms with Gasteiger partial charge >= 0.3 is 0 Å². The summed E-state index contributed by atoms with van der Waals surface area (Å²) >= 11 is 0. The lowest BCUT2D eigenvalue weighted by Crippen LogP contribution is -2.40. The van der Waals surface area contributed by atoms with Crippen LogP contribution < -0.4 is 4.74 Å². The van der Waals surface area contributed by atoms with Crippen LogP contribution in [0.5, 0.6) is 11.6 Å². The van der Waals surface area contributed by atoms with Crippen molar-refractivity contribution in [1.29, 1.82) is 0 Å². The van der Waals surface area contributed by atoms with Gasteiger partial charge in [-0.25, -0.2) is 4.98 Å². The molecule has 7 nitrogen and oxygen atoms in total. The number of pyridine rings is 2. The summed E-state index contributed by atoms with van der Waals surface area (Å²) in [5, 5.41) is 4.26. The molecule has 5 heterocycles. The van der Waals surface area contributed by atoms with Crippen molar-refractivity contribution in [2.75, 3.05) is 0 Å². The second-order valence-corrected chi connectivity index (χ2v) is 19.0. The second-order valence-electron chi connectivity index (χ2n) is 19.0. The van der Waals surface area contributed by atoms with Gasteiger partial charge < -0.3 is 9.15 Å². The summed E-state index contributed by atoms with van der Waals surface area (Å²) in [6.07, 6.45) is 8.83. The molecule has 0 radical (unpaired) electrons. The zero-order valence-corrected chi connectivity index (χ0v) is 35.7.